The van der Waals surface area contributed by atoms with Gasteiger partial charge in [0.1, 0.15) is 5.65 Å². The van der Waals surface area contributed by atoms with Gasteiger partial charge in [0, 0.05) is 18.5 Å². The molecule has 5 heteroatoms. The zero-order valence-corrected chi connectivity index (χ0v) is 8.06. The van der Waals surface area contributed by atoms with Crippen LogP contribution in [0, 0.1) is 6.92 Å². The molecule has 0 radical (unpaired) electrons. The number of pyridine rings is 1. The molecule has 3 heterocycles. The molecule has 0 saturated heterocycles. The van der Waals surface area contributed by atoms with Crippen molar-refractivity contribution >= 4 is 16.6 Å². The van der Waals surface area contributed by atoms with E-state index >= 15 is 0 Å². The zero-order valence-electron chi connectivity index (χ0n) is 8.06. The zero-order chi connectivity index (χ0) is 10.4. The molecule has 1 N–H and O–H groups in total. The van der Waals surface area contributed by atoms with Crippen molar-refractivity contribution in [2.75, 3.05) is 0 Å². The van der Waals surface area contributed by atoms with Crippen LogP contribution in [0.5, 0.6) is 0 Å². The molecule has 0 atom stereocenters. The predicted octanol–water partition coefficient (Wildman–Crippen LogP) is 0.879. The minimum absolute atomic E-state index is 0.134. The van der Waals surface area contributed by atoms with Gasteiger partial charge in [-0.15, -0.1) is 0 Å². The lowest BCUT2D eigenvalue weighted by Gasteiger charge is -1.98. The maximum atomic E-state index is 11.7. The van der Waals surface area contributed by atoms with Crippen LogP contribution >= 0.6 is 0 Å². The first-order valence-electron chi connectivity index (χ1n) is 4.58. The number of hydrogen-bond donors (Lipinski definition) is 1. The first kappa shape index (κ1) is 8.16. The summed E-state index contributed by atoms with van der Waals surface area (Å²) >= 11 is 0. The van der Waals surface area contributed by atoms with E-state index in [1.54, 1.807) is 23.0 Å². The highest BCUT2D eigenvalue weighted by Gasteiger charge is 2.05. The van der Waals surface area contributed by atoms with Crippen LogP contribution in [0.1, 0.15) is 5.69 Å². The Bertz CT molecular complexity index is 710. The Hall–Kier alpha value is -2.17. The van der Waals surface area contributed by atoms with Crippen LogP contribution in [-0.2, 0) is 0 Å². The van der Waals surface area contributed by atoms with Crippen LogP contribution in [0.2, 0.25) is 0 Å². The lowest BCUT2D eigenvalue weighted by atomic mass is 10.3. The highest BCUT2D eigenvalue weighted by Crippen LogP contribution is 2.10. The second kappa shape index (κ2) is 2.66. The number of fused-ring (bicyclic) bond motifs is 3. The maximum Gasteiger partial charge on any atom is 0.260 e. The van der Waals surface area contributed by atoms with Gasteiger partial charge < -0.3 is 4.98 Å². The van der Waals surface area contributed by atoms with Crippen molar-refractivity contribution in [2.24, 2.45) is 0 Å². The lowest BCUT2D eigenvalue weighted by Crippen LogP contribution is -2.10. The average Bonchev–Trinajstić information content (AvgIpc) is 2.59. The first-order valence-corrected chi connectivity index (χ1v) is 4.58. The summed E-state index contributed by atoms with van der Waals surface area (Å²) in [6, 6.07) is 3.62. The summed E-state index contributed by atoms with van der Waals surface area (Å²) in [6.07, 6.45) is 3.20. The van der Waals surface area contributed by atoms with Crippen molar-refractivity contribution in [3.05, 3.63) is 40.6 Å². The second-order valence-electron chi connectivity index (χ2n) is 3.43. The Kier molecular flexibility index (Phi) is 1.45. The molecule has 0 aliphatic carbocycles. The fourth-order valence-electron chi connectivity index (χ4n) is 1.70. The molecule has 0 fully saturated rings. The van der Waals surface area contributed by atoms with E-state index in [9.17, 15) is 4.79 Å². The van der Waals surface area contributed by atoms with Crippen molar-refractivity contribution in [1.29, 1.82) is 0 Å². The molecule has 0 saturated carbocycles. The van der Waals surface area contributed by atoms with E-state index in [4.69, 9.17) is 0 Å². The molecular formula is C10H8N4O. The number of rotatable bonds is 0. The van der Waals surface area contributed by atoms with Crippen LogP contribution in [0.3, 0.4) is 0 Å². The van der Waals surface area contributed by atoms with Crippen molar-refractivity contribution < 1.29 is 0 Å². The molecule has 3 aromatic heterocycles. The van der Waals surface area contributed by atoms with Gasteiger partial charge in [0.15, 0.2) is 0 Å². The van der Waals surface area contributed by atoms with Gasteiger partial charge in [-0.3, -0.25) is 9.78 Å². The first-order chi connectivity index (χ1) is 7.25. The number of nitrogens with one attached hydrogen (secondary N) is 1. The normalized spacial score (nSPS) is 11.3. The van der Waals surface area contributed by atoms with E-state index in [1.807, 2.05) is 13.0 Å². The van der Waals surface area contributed by atoms with Crippen molar-refractivity contribution in [3.63, 3.8) is 0 Å². The fraction of sp³-hybridized carbons (Fsp3) is 0.100. The van der Waals surface area contributed by atoms with E-state index in [2.05, 4.69) is 15.1 Å². The van der Waals surface area contributed by atoms with Crippen LogP contribution in [0.4, 0.5) is 0 Å². The lowest BCUT2D eigenvalue weighted by molar-refractivity contribution is 0.949. The molecule has 15 heavy (non-hydrogen) atoms. The Balaban J connectivity index is 2.69. The van der Waals surface area contributed by atoms with E-state index in [0.717, 1.165) is 11.2 Å². The van der Waals surface area contributed by atoms with Crippen LogP contribution in [0.15, 0.2) is 29.3 Å². The monoisotopic (exact) mass is 200 g/mol. The average molecular weight is 200 g/mol. The van der Waals surface area contributed by atoms with Gasteiger partial charge in [-0.1, -0.05) is 0 Å². The second-order valence-corrected chi connectivity index (χ2v) is 3.43. The number of aromatic amines is 1. The summed E-state index contributed by atoms with van der Waals surface area (Å²) in [6.45, 7) is 1.89. The molecule has 0 spiro atoms. The van der Waals surface area contributed by atoms with Gasteiger partial charge in [-0.05, 0) is 13.0 Å². The van der Waals surface area contributed by atoms with Gasteiger partial charge in [0.2, 0.25) is 0 Å². The Morgan fingerprint density at radius 2 is 2.33 bits per heavy atom. The molecule has 0 unspecified atom stereocenters. The molecule has 3 rings (SSSR count). The quantitative estimate of drug-likeness (QED) is 0.586. The van der Waals surface area contributed by atoms with Gasteiger partial charge in [0.25, 0.3) is 5.56 Å². The number of H-pyrrole nitrogens is 1. The third-order valence-electron chi connectivity index (χ3n) is 2.34. The Morgan fingerprint density at radius 3 is 3.20 bits per heavy atom. The number of aromatic nitrogens is 4. The summed E-state index contributed by atoms with van der Waals surface area (Å²) in [5, 5.41) is 4.85. The molecule has 0 bridgehead atoms. The van der Waals surface area contributed by atoms with Crippen molar-refractivity contribution in [1.82, 2.24) is 19.6 Å². The maximum absolute atomic E-state index is 11.7. The van der Waals surface area contributed by atoms with Crippen LogP contribution in [-0.4, -0.2) is 19.6 Å². The summed E-state index contributed by atoms with van der Waals surface area (Å²) in [4.78, 5) is 18.3. The minimum atomic E-state index is -0.134. The third-order valence-corrected chi connectivity index (χ3v) is 2.34. The largest absolute Gasteiger partial charge is 0.306 e. The highest BCUT2D eigenvalue weighted by atomic mass is 16.1. The van der Waals surface area contributed by atoms with Gasteiger partial charge >= 0.3 is 0 Å². The van der Waals surface area contributed by atoms with Crippen LogP contribution < -0.4 is 5.56 Å². The van der Waals surface area contributed by atoms with Crippen molar-refractivity contribution in [2.45, 2.75) is 6.92 Å². The van der Waals surface area contributed by atoms with E-state index in [-0.39, 0.29) is 5.56 Å². The van der Waals surface area contributed by atoms with Crippen molar-refractivity contribution in [3.8, 4) is 0 Å². The molecule has 74 valence electrons. The minimum Gasteiger partial charge on any atom is -0.306 e. The predicted molar refractivity (Wildman–Crippen MR) is 55.9 cm³/mol. The molecule has 0 amide bonds. The molecule has 0 aromatic carbocycles. The van der Waals surface area contributed by atoms with E-state index in [0.29, 0.717) is 11.0 Å². The topological polar surface area (TPSA) is 63.0 Å². The van der Waals surface area contributed by atoms with Gasteiger partial charge in [-0.25, -0.2) is 4.52 Å². The Labute approximate surface area is 84.4 Å². The molecule has 3 aromatic rings. The third kappa shape index (κ3) is 1.06. The number of nitrogens with zero attached hydrogens (tertiary/aromatic N) is 3. The molecule has 0 aliphatic rings. The molecule has 5 nitrogen and oxygen atoms in total. The Morgan fingerprint density at radius 1 is 1.47 bits per heavy atom. The summed E-state index contributed by atoms with van der Waals surface area (Å²) in [7, 11) is 0. The standard InChI is InChI=1S/C10H8N4O/c1-6-4-9-12-10(15)7-5-11-3-2-8(7)14(9)13-6/h2-5H,1H3,(H,12,15). The smallest absolute Gasteiger partial charge is 0.260 e. The fourth-order valence-corrected chi connectivity index (χ4v) is 1.70. The number of aryl methyl sites for hydroxylation is 1. The van der Waals surface area contributed by atoms with E-state index in [1.165, 1.54) is 0 Å². The summed E-state index contributed by atoms with van der Waals surface area (Å²) < 4.78 is 1.72. The van der Waals surface area contributed by atoms with Crippen LogP contribution in [0.25, 0.3) is 16.6 Å². The van der Waals surface area contributed by atoms with Gasteiger partial charge in [0.05, 0.1) is 16.6 Å². The van der Waals surface area contributed by atoms with E-state index < -0.39 is 0 Å². The molecule has 0 aliphatic heterocycles. The molecular weight excluding hydrogens is 192 g/mol. The van der Waals surface area contributed by atoms with Gasteiger partial charge in [-0.2, -0.15) is 5.10 Å². The highest BCUT2D eigenvalue weighted by molar-refractivity contribution is 5.78. The number of hydrogen-bond acceptors (Lipinski definition) is 3. The SMILES string of the molecule is Cc1cc2[nH]c(=O)c3cnccc3n2n1. The summed E-state index contributed by atoms with van der Waals surface area (Å²) in [5.41, 5.74) is 2.22. The summed E-state index contributed by atoms with van der Waals surface area (Å²) in [5.74, 6) is 0.